The molecule has 0 saturated heterocycles. The van der Waals surface area contributed by atoms with Crippen LogP contribution < -0.4 is 0 Å². The summed E-state index contributed by atoms with van der Waals surface area (Å²) in [6.07, 6.45) is 14.5. The molecule has 1 heteroatoms. The van der Waals surface area contributed by atoms with Crippen LogP contribution >= 0.6 is 0 Å². The lowest BCUT2D eigenvalue weighted by molar-refractivity contribution is 0.632. The normalized spacial score (nSPS) is 10.9. The molecule has 0 atom stereocenters. The molecule has 4 aromatic carbocycles. The van der Waals surface area contributed by atoms with Crippen LogP contribution in [-0.2, 0) is 25.7 Å². The van der Waals surface area contributed by atoms with E-state index in [4.69, 9.17) is 0 Å². The van der Waals surface area contributed by atoms with Crippen LogP contribution in [-0.4, -0.2) is 0 Å². The van der Waals surface area contributed by atoms with Gasteiger partial charge in [-0.05, 0) is 84.4 Å². The maximum absolute atomic E-state index is 15.2. The summed E-state index contributed by atoms with van der Waals surface area (Å²) in [6.45, 7) is 4.48. The first-order valence-corrected chi connectivity index (χ1v) is 15.1. The van der Waals surface area contributed by atoms with Gasteiger partial charge < -0.3 is 0 Å². The molecule has 202 valence electrons. The van der Waals surface area contributed by atoms with Gasteiger partial charge in [-0.15, -0.1) is 0 Å². The largest absolute Gasteiger partial charge is 0.205 e. The summed E-state index contributed by atoms with van der Waals surface area (Å²) in [5, 5.41) is 1.60. The maximum Gasteiger partial charge on any atom is 0.146 e. The second-order valence-corrected chi connectivity index (χ2v) is 10.9. The SMILES string of the molecule is CCCCCCCc1ccc(CCc2ccc(C#Cc3ccc4cc(CCCCC)ccc4c3F)cc2)cc1. The van der Waals surface area contributed by atoms with E-state index in [1.807, 2.05) is 30.3 Å². The van der Waals surface area contributed by atoms with Crippen molar-refractivity contribution in [3.05, 3.63) is 118 Å². The van der Waals surface area contributed by atoms with E-state index in [0.29, 0.717) is 10.9 Å². The van der Waals surface area contributed by atoms with E-state index in [2.05, 4.69) is 74.2 Å². The first-order chi connectivity index (χ1) is 19.2. The van der Waals surface area contributed by atoms with Crippen LogP contribution in [0.3, 0.4) is 0 Å². The number of fused-ring (bicyclic) bond motifs is 1. The average molecular weight is 519 g/mol. The molecule has 0 N–H and O–H groups in total. The summed E-state index contributed by atoms with van der Waals surface area (Å²) in [5.74, 6) is 5.99. The molecule has 0 amide bonds. The number of hydrogen-bond donors (Lipinski definition) is 0. The Bertz CT molecular complexity index is 1370. The minimum Gasteiger partial charge on any atom is -0.205 e. The second-order valence-electron chi connectivity index (χ2n) is 10.9. The minimum atomic E-state index is -0.223. The molecule has 0 unspecified atom stereocenters. The Morgan fingerprint density at radius 2 is 1.05 bits per heavy atom. The monoisotopic (exact) mass is 518 g/mol. The van der Waals surface area contributed by atoms with E-state index >= 15 is 4.39 Å². The highest BCUT2D eigenvalue weighted by Crippen LogP contribution is 2.23. The van der Waals surface area contributed by atoms with Crippen LogP contribution in [0.2, 0.25) is 0 Å². The van der Waals surface area contributed by atoms with Crippen molar-refractivity contribution in [1.29, 1.82) is 0 Å². The lowest BCUT2D eigenvalue weighted by Gasteiger charge is -2.06. The molecule has 0 aliphatic carbocycles. The predicted molar refractivity (Wildman–Crippen MR) is 166 cm³/mol. The van der Waals surface area contributed by atoms with Crippen LogP contribution in [0.4, 0.5) is 4.39 Å². The van der Waals surface area contributed by atoms with Crippen molar-refractivity contribution < 1.29 is 4.39 Å². The van der Waals surface area contributed by atoms with Crippen LogP contribution in [0.15, 0.2) is 78.9 Å². The van der Waals surface area contributed by atoms with Crippen LogP contribution in [0.5, 0.6) is 0 Å². The Hall–Kier alpha value is -3.37. The molecule has 0 nitrogen and oxygen atoms in total. The van der Waals surface area contributed by atoms with E-state index in [-0.39, 0.29) is 5.82 Å². The summed E-state index contributed by atoms with van der Waals surface area (Å²) < 4.78 is 15.2. The summed E-state index contributed by atoms with van der Waals surface area (Å²) in [7, 11) is 0. The Balaban J connectivity index is 1.30. The molecular formula is C38H43F. The van der Waals surface area contributed by atoms with Gasteiger partial charge in [0.2, 0.25) is 0 Å². The fraction of sp³-hybridized carbons (Fsp3) is 0.368. The van der Waals surface area contributed by atoms with Crippen molar-refractivity contribution in [3.63, 3.8) is 0 Å². The molecule has 0 fully saturated rings. The molecule has 0 heterocycles. The molecule has 0 bridgehead atoms. The Morgan fingerprint density at radius 3 is 1.74 bits per heavy atom. The molecule has 4 rings (SSSR count). The van der Waals surface area contributed by atoms with Gasteiger partial charge in [0.1, 0.15) is 5.82 Å². The van der Waals surface area contributed by atoms with E-state index in [9.17, 15) is 0 Å². The second kappa shape index (κ2) is 15.3. The van der Waals surface area contributed by atoms with Crippen LogP contribution in [0.1, 0.15) is 98.6 Å². The van der Waals surface area contributed by atoms with E-state index in [0.717, 1.165) is 30.2 Å². The third-order valence-electron chi connectivity index (χ3n) is 7.68. The molecule has 0 aromatic heterocycles. The van der Waals surface area contributed by atoms with Crippen molar-refractivity contribution in [3.8, 4) is 11.8 Å². The zero-order chi connectivity index (χ0) is 27.3. The van der Waals surface area contributed by atoms with Crippen molar-refractivity contribution in [2.75, 3.05) is 0 Å². The van der Waals surface area contributed by atoms with Gasteiger partial charge in [-0.2, -0.15) is 0 Å². The van der Waals surface area contributed by atoms with Crippen molar-refractivity contribution in [1.82, 2.24) is 0 Å². The zero-order valence-corrected chi connectivity index (χ0v) is 23.9. The number of rotatable bonds is 13. The minimum absolute atomic E-state index is 0.223. The van der Waals surface area contributed by atoms with E-state index in [1.165, 1.54) is 80.0 Å². The molecular weight excluding hydrogens is 475 g/mol. The van der Waals surface area contributed by atoms with Crippen molar-refractivity contribution >= 4 is 10.8 Å². The maximum atomic E-state index is 15.2. The number of aryl methyl sites for hydroxylation is 4. The molecule has 0 radical (unpaired) electrons. The van der Waals surface area contributed by atoms with Gasteiger partial charge in [0.05, 0.1) is 5.56 Å². The van der Waals surface area contributed by atoms with Crippen LogP contribution in [0.25, 0.3) is 10.8 Å². The standard InChI is InChI=1S/C38H43F/c1-3-5-7-8-10-11-30-13-15-31(16-14-30)17-18-32-19-21-33(22-20-32)23-25-35-26-27-36-29-34(12-9-6-4-2)24-28-37(36)38(35)39/h13-16,19-22,24,26-29H,3-12,17-18H2,1-2H3. The fourth-order valence-electron chi connectivity index (χ4n) is 5.16. The Labute approximate surface area is 235 Å². The van der Waals surface area contributed by atoms with Gasteiger partial charge in [0.25, 0.3) is 0 Å². The van der Waals surface area contributed by atoms with Crippen molar-refractivity contribution in [2.24, 2.45) is 0 Å². The summed E-state index contributed by atoms with van der Waals surface area (Å²) >= 11 is 0. The predicted octanol–water partition coefficient (Wildman–Crippen LogP) is 10.4. The third-order valence-corrected chi connectivity index (χ3v) is 7.68. The third kappa shape index (κ3) is 8.83. The average Bonchev–Trinajstić information content (AvgIpc) is 2.97. The van der Waals surface area contributed by atoms with Crippen LogP contribution in [0, 0.1) is 17.7 Å². The highest BCUT2D eigenvalue weighted by molar-refractivity contribution is 5.85. The summed E-state index contributed by atoms with van der Waals surface area (Å²) in [4.78, 5) is 0. The topological polar surface area (TPSA) is 0 Å². The summed E-state index contributed by atoms with van der Waals surface area (Å²) in [5.41, 5.74) is 6.77. The lowest BCUT2D eigenvalue weighted by atomic mass is 10.00. The number of hydrogen-bond acceptors (Lipinski definition) is 0. The Morgan fingerprint density at radius 1 is 0.513 bits per heavy atom. The van der Waals surface area contributed by atoms with Gasteiger partial charge in [-0.3, -0.25) is 0 Å². The van der Waals surface area contributed by atoms with Gasteiger partial charge in [0, 0.05) is 10.9 Å². The highest BCUT2D eigenvalue weighted by Gasteiger charge is 2.07. The number of unbranched alkanes of at least 4 members (excludes halogenated alkanes) is 6. The number of halogens is 1. The molecule has 0 saturated carbocycles. The molecule has 4 aromatic rings. The van der Waals surface area contributed by atoms with Gasteiger partial charge in [-0.25, -0.2) is 4.39 Å². The molecule has 0 spiro atoms. The smallest absolute Gasteiger partial charge is 0.146 e. The van der Waals surface area contributed by atoms with E-state index in [1.54, 1.807) is 0 Å². The fourth-order valence-corrected chi connectivity index (χ4v) is 5.16. The molecule has 39 heavy (non-hydrogen) atoms. The van der Waals surface area contributed by atoms with E-state index < -0.39 is 0 Å². The zero-order valence-electron chi connectivity index (χ0n) is 23.9. The first kappa shape index (κ1) is 28.6. The molecule has 0 aliphatic rings. The lowest BCUT2D eigenvalue weighted by Crippen LogP contribution is -1.93. The Kier molecular flexibility index (Phi) is 11.2. The highest BCUT2D eigenvalue weighted by atomic mass is 19.1. The number of benzene rings is 4. The van der Waals surface area contributed by atoms with Gasteiger partial charge >= 0.3 is 0 Å². The van der Waals surface area contributed by atoms with Crippen molar-refractivity contribution in [2.45, 2.75) is 90.9 Å². The summed E-state index contributed by atoms with van der Waals surface area (Å²) in [6, 6.07) is 27.4. The first-order valence-electron chi connectivity index (χ1n) is 15.1. The van der Waals surface area contributed by atoms with Gasteiger partial charge in [0.15, 0.2) is 0 Å². The molecule has 0 aliphatic heterocycles. The van der Waals surface area contributed by atoms with Gasteiger partial charge in [-0.1, -0.05) is 125 Å². The quantitative estimate of drug-likeness (QED) is 0.122.